The van der Waals surface area contributed by atoms with Crippen LogP contribution in [-0.2, 0) is 9.53 Å². The molecule has 114 valence electrons. The Hall–Kier alpha value is -2.44. The Labute approximate surface area is 123 Å². The summed E-state index contributed by atoms with van der Waals surface area (Å²) >= 11 is 0. The molecule has 0 fully saturated rings. The predicted molar refractivity (Wildman–Crippen MR) is 75.8 cm³/mol. The number of amides is 2. The third kappa shape index (κ3) is 4.55. The molecule has 0 saturated carbocycles. The number of pyridine rings is 1. The van der Waals surface area contributed by atoms with Gasteiger partial charge in [-0.25, -0.2) is 9.78 Å². The van der Waals surface area contributed by atoms with E-state index in [-0.39, 0.29) is 24.1 Å². The molecule has 21 heavy (non-hydrogen) atoms. The first-order chi connectivity index (χ1) is 10.0. The second-order valence-corrected chi connectivity index (χ2v) is 4.32. The Morgan fingerprint density at radius 2 is 2.05 bits per heavy atom. The lowest BCUT2D eigenvalue weighted by molar-refractivity contribution is -0.121. The monoisotopic (exact) mass is 293 g/mol. The molecule has 1 heterocycles. The molecule has 7 heteroatoms. The highest BCUT2D eigenvalue weighted by Crippen LogP contribution is 2.07. The van der Waals surface area contributed by atoms with E-state index in [1.54, 1.807) is 0 Å². The van der Waals surface area contributed by atoms with E-state index in [0.29, 0.717) is 12.1 Å². The summed E-state index contributed by atoms with van der Waals surface area (Å²) in [5, 5.41) is 2.48. The van der Waals surface area contributed by atoms with Gasteiger partial charge in [0.05, 0.1) is 19.2 Å². The van der Waals surface area contributed by atoms with Crippen LogP contribution in [0.4, 0.5) is 0 Å². The van der Waals surface area contributed by atoms with E-state index in [1.165, 1.54) is 37.4 Å². The molecular weight excluding hydrogens is 274 g/mol. The van der Waals surface area contributed by atoms with Gasteiger partial charge in [-0.05, 0) is 18.6 Å². The van der Waals surface area contributed by atoms with E-state index >= 15 is 0 Å². The maximum atomic E-state index is 12.3. The summed E-state index contributed by atoms with van der Waals surface area (Å²) in [6.07, 6.45) is 2.04. The van der Waals surface area contributed by atoms with E-state index in [9.17, 15) is 14.4 Å². The number of hydrogen-bond acceptors (Lipinski definition) is 5. The van der Waals surface area contributed by atoms with E-state index in [4.69, 9.17) is 0 Å². The molecule has 1 aromatic heterocycles. The average Bonchev–Trinajstić information content (AvgIpc) is 2.52. The SMILES string of the molecule is CCCN(CC(=O)NC)C(=O)c1ccc(C(=O)OC)nc1. The van der Waals surface area contributed by atoms with Crippen molar-refractivity contribution in [2.24, 2.45) is 0 Å². The van der Waals surface area contributed by atoms with Crippen molar-refractivity contribution in [3.05, 3.63) is 29.6 Å². The molecule has 0 spiro atoms. The summed E-state index contributed by atoms with van der Waals surface area (Å²) in [4.78, 5) is 40.4. The number of rotatable bonds is 6. The maximum absolute atomic E-state index is 12.3. The highest BCUT2D eigenvalue weighted by atomic mass is 16.5. The third-order valence-electron chi connectivity index (χ3n) is 2.80. The fraction of sp³-hybridized carbons (Fsp3) is 0.429. The number of carbonyl (C=O) groups excluding carboxylic acids is 3. The van der Waals surface area contributed by atoms with Crippen molar-refractivity contribution < 1.29 is 19.1 Å². The minimum absolute atomic E-state index is 0.0120. The largest absolute Gasteiger partial charge is 0.464 e. The fourth-order valence-electron chi connectivity index (χ4n) is 1.70. The van der Waals surface area contributed by atoms with E-state index < -0.39 is 5.97 Å². The second-order valence-electron chi connectivity index (χ2n) is 4.32. The smallest absolute Gasteiger partial charge is 0.356 e. The van der Waals surface area contributed by atoms with Crippen molar-refractivity contribution in [2.45, 2.75) is 13.3 Å². The molecule has 0 bridgehead atoms. The minimum Gasteiger partial charge on any atom is -0.464 e. The minimum atomic E-state index is -0.565. The first-order valence-electron chi connectivity index (χ1n) is 6.57. The van der Waals surface area contributed by atoms with Crippen LogP contribution in [0.2, 0.25) is 0 Å². The van der Waals surface area contributed by atoms with Crippen LogP contribution in [0.5, 0.6) is 0 Å². The Kier molecular flexibility index (Phi) is 6.32. The molecule has 7 nitrogen and oxygen atoms in total. The van der Waals surface area contributed by atoms with Crippen LogP contribution in [-0.4, -0.2) is 54.9 Å². The topological polar surface area (TPSA) is 88.6 Å². The van der Waals surface area contributed by atoms with Gasteiger partial charge in [-0.2, -0.15) is 0 Å². The van der Waals surface area contributed by atoms with Gasteiger partial charge in [-0.15, -0.1) is 0 Å². The summed E-state index contributed by atoms with van der Waals surface area (Å²) in [6.45, 7) is 2.37. The van der Waals surface area contributed by atoms with Gasteiger partial charge >= 0.3 is 5.97 Å². The number of nitrogens with one attached hydrogen (secondary N) is 1. The van der Waals surface area contributed by atoms with Crippen LogP contribution >= 0.6 is 0 Å². The zero-order valence-corrected chi connectivity index (χ0v) is 12.4. The lowest BCUT2D eigenvalue weighted by Gasteiger charge is -2.21. The van der Waals surface area contributed by atoms with Crippen LogP contribution in [0.25, 0.3) is 0 Å². The quantitative estimate of drug-likeness (QED) is 0.770. The molecule has 1 rings (SSSR count). The zero-order valence-electron chi connectivity index (χ0n) is 12.4. The molecule has 0 atom stereocenters. The number of esters is 1. The normalized spacial score (nSPS) is 9.86. The molecule has 0 radical (unpaired) electrons. The number of nitrogens with zero attached hydrogens (tertiary/aromatic N) is 2. The molecule has 0 aliphatic carbocycles. The molecule has 1 N–H and O–H groups in total. The summed E-state index contributed by atoms with van der Waals surface area (Å²) in [5.74, 6) is -1.11. The zero-order chi connectivity index (χ0) is 15.8. The van der Waals surface area contributed by atoms with Gasteiger partial charge in [0.15, 0.2) is 0 Å². The Morgan fingerprint density at radius 1 is 1.33 bits per heavy atom. The van der Waals surface area contributed by atoms with Crippen molar-refractivity contribution in [1.29, 1.82) is 0 Å². The lowest BCUT2D eigenvalue weighted by atomic mass is 10.2. The molecule has 2 amide bonds. The predicted octanol–water partition coefficient (Wildman–Crippen LogP) is 0.466. The molecule has 1 aromatic rings. The fourth-order valence-corrected chi connectivity index (χ4v) is 1.70. The molecule has 0 unspecified atom stereocenters. The molecule has 0 aliphatic heterocycles. The Bertz CT molecular complexity index is 513. The van der Waals surface area contributed by atoms with Gasteiger partial charge in [0.1, 0.15) is 5.69 Å². The number of aromatic nitrogens is 1. The average molecular weight is 293 g/mol. The Morgan fingerprint density at radius 3 is 2.52 bits per heavy atom. The maximum Gasteiger partial charge on any atom is 0.356 e. The number of likely N-dealkylation sites (N-methyl/N-ethyl adjacent to an activating group) is 1. The van der Waals surface area contributed by atoms with Crippen LogP contribution in [0.3, 0.4) is 0 Å². The summed E-state index contributed by atoms with van der Waals surface area (Å²) in [6, 6.07) is 2.91. The van der Waals surface area contributed by atoms with E-state index in [1.807, 2.05) is 6.92 Å². The summed E-state index contributed by atoms with van der Waals surface area (Å²) in [7, 11) is 2.78. The van der Waals surface area contributed by atoms with Gasteiger partial charge < -0.3 is 15.0 Å². The molecular formula is C14H19N3O4. The van der Waals surface area contributed by atoms with Gasteiger partial charge in [0.2, 0.25) is 5.91 Å². The number of ether oxygens (including phenoxy) is 1. The first kappa shape index (κ1) is 16.6. The van der Waals surface area contributed by atoms with Gasteiger partial charge in [0, 0.05) is 19.8 Å². The highest BCUT2D eigenvalue weighted by molar-refractivity contribution is 5.97. The van der Waals surface area contributed by atoms with Crippen LogP contribution in [0.1, 0.15) is 34.2 Å². The third-order valence-corrected chi connectivity index (χ3v) is 2.80. The lowest BCUT2D eigenvalue weighted by Crippen LogP contribution is -2.40. The van der Waals surface area contributed by atoms with Crippen molar-refractivity contribution >= 4 is 17.8 Å². The standard InChI is InChI=1S/C14H19N3O4/c1-4-7-17(9-12(18)15-2)13(19)10-5-6-11(16-8-10)14(20)21-3/h5-6,8H,4,7,9H2,1-3H3,(H,15,18). The highest BCUT2D eigenvalue weighted by Gasteiger charge is 2.18. The Balaban J connectivity index is 2.88. The summed E-state index contributed by atoms with van der Waals surface area (Å²) in [5.41, 5.74) is 0.447. The number of methoxy groups -OCH3 is 1. The molecule has 0 saturated heterocycles. The van der Waals surface area contributed by atoms with Crippen molar-refractivity contribution in [1.82, 2.24) is 15.2 Å². The van der Waals surface area contributed by atoms with Crippen molar-refractivity contribution in [3.8, 4) is 0 Å². The van der Waals surface area contributed by atoms with Gasteiger partial charge in [0.25, 0.3) is 5.91 Å². The first-order valence-corrected chi connectivity index (χ1v) is 6.57. The van der Waals surface area contributed by atoms with Crippen LogP contribution < -0.4 is 5.32 Å². The number of hydrogen-bond donors (Lipinski definition) is 1. The molecule has 0 aliphatic rings. The summed E-state index contributed by atoms with van der Waals surface area (Å²) < 4.78 is 4.54. The van der Waals surface area contributed by atoms with Crippen molar-refractivity contribution in [2.75, 3.05) is 27.2 Å². The van der Waals surface area contributed by atoms with Crippen LogP contribution in [0, 0.1) is 0 Å². The van der Waals surface area contributed by atoms with E-state index in [0.717, 1.165) is 6.42 Å². The van der Waals surface area contributed by atoms with Gasteiger partial charge in [-0.3, -0.25) is 9.59 Å². The molecule has 0 aromatic carbocycles. The van der Waals surface area contributed by atoms with E-state index in [2.05, 4.69) is 15.0 Å². The second kappa shape index (κ2) is 7.98. The van der Waals surface area contributed by atoms with Crippen LogP contribution in [0.15, 0.2) is 18.3 Å². The van der Waals surface area contributed by atoms with Gasteiger partial charge in [-0.1, -0.05) is 6.92 Å². The number of carbonyl (C=O) groups is 3. The van der Waals surface area contributed by atoms with Crippen molar-refractivity contribution in [3.63, 3.8) is 0 Å².